The molecule has 1 aromatic heterocycles. The van der Waals surface area contributed by atoms with Crippen LogP contribution in [0.1, 0.15) is 0 Å². The summed E-state index contributed by atoms with van der Waals surface area (Å²) in [5.41, 5.74) is 11.2. The zero-order valence-electron chi connectivity index (χ0n) is 7.61. The van der Waals surface area contributed by atoms with Gasteiger partial charge in [-0.25, -0.2) is 9.07 Å². The summed E-state index contributed by atoms with van der Waals surface area (Å²) in [6.45, 7) is 0. The number of nitrogens with two attached hydrogens (primary N) is 2. The number of hydrogen-bond acceptors (Lipinski definition) is 3. The summed E-state index contributed by atoms with van der Waals surface area (Å²) in [5.74, 6) is -0.0522. The third kappa shape index (κ3) is 1.61. The lowest BCUT2D eigenvalue weighted by molar-refractivity contribution is 0.612. The maximum Gasteiger partial charge on any atom is 0.150 e. The fourth-order valence-electron chi connectivity index (χ4n) is 1.29. The summed E-state index contributed by atoms with van der Waals surface area (Å²) in [6.07, 6.45) is 0. The van der Waals surface area contributed by atoms with Crippen molar-refractivity contribution in [2.45, 2.75) is 0 Å². The second kappa shape index (κ2) is 3.43. The summed E-state index contributed by atoms with van der Waals surface area (Å²) in [4.78, 5) is 0. The van der Waals surface area contributed by atoms with Crippen molar-refractivity contribution < 1.29 is 4.39 Å². The van der Waals surface area contributed by atoms with Crippen molar-refractivity contribution in [1.82, 2.24) is 9.78 Å². The topological polar surface area (TPSA) is 69.9 Å². The van der Waals surface area contributed by atoms with Gasteiger partial charge in [0.1, 0.15) is 23.1 Å². The Labute approximate surface area is 90.2 Å². The van der Waals surface area contributed by atoms with Crippen LogP contribution in [0.3, 0.4) is 0 Å². The third-order valence-corrected chi connectivity index (χ3v) is 2.21. The van der Waals surface area contributed by atoms with E-state index in [1.54, 1.807) is 6.07 Å². The Bertz CT molecular complexity index is 489. The molecule has 0 aliphatic carbocycles. The van der Waals surface area contributed by atoms with E-state index >= 15 is 0 Å². The second-order valence-corrected chi connectivity index (χ2v) is 3.38. The molecule has 0 amide bonds. The van der Waals surface area contributed by atoms with Crippen molar-refractivity contribution in [2.24, 2.45) is 0 Å². The summed E-state index contributed by atoms with van der Waals surface area (Å²) in [5, 5.41) is 4.07. The Kier molecular flexibility index (Phi) is 2.24. The monoisotopic (exact) mass is 226 g/mol. The molecule has 1 heterocycles. The minimum atomic E-state index is -0.502. The first kappa shape index (κ1) is 9.79. The van der Waals surface area contributed by atoms with Crippen LogP contribution in [0.2, 0.25) is 5.02 Å². The van der Waals surface area contributed by atoms with Gasteiger partial charge in [0.05, 0.1) is 5.02 Å². The van der Waals surface area contributed by atoms with Crippen LogP contribution in [-0.2, 0) is 0 Å². The van der Waals surface area contributed by atoms with Crippen molar-refractivity contribution in [3.63, 3.8) is 0 Å². The van der Waals surface area contributed by atoms with E-state index < -0.39 is 5.82 Å². The summed E-state index contributed by atoms with van der Waals surface area (Å²) < 4.78 is 14.7. The first-order valence-corrected chi connectivity index (χ1v) is 4.53. The highest BCUT2D eigenvalue weighted by Crippen LogP contribution is 2.25. The van der Waals surface area contributed by atoms with Gasteiger partial charge in [-0.05, 0) is 12.1 Å². The van der Waals surface area contributed by atoms with Gasteiger partial charge < -0.3 is 11.5 Å². The molecule has 2 aromatic rings. The molecular formula is C9H8ClFN4. The molecule has 0 unspecified atom stereocenters. The number of nitrogen functional groups attached to an aromatic ring is 2. The van der Waals surface area contributed by atoms with Gasteiger partial charge in [0.2, 0.25) is 0 Å². The Morgan fingerprint density at radius 1 is 1.33 bits per heavy atom. The first-order chi connectivity index (χ1) is 7.09. The van der Waals surface area contributed by atoms with Gasteiger partial charge >= 0.3 is 0 Å². The molecule has 0 bridgehead atoms. The van der Waals surface area contributed by atoms with Crippen molar-refractivity contribution in [3.8, 4) is 5.69 Å². The number of halogens is 2. The lowest BCUT2D eigenvalue weighted by atomic mass is 10.3. The number of hydrogen-bond donors (Lipinski definition) is 2. The summed E-state index contributed by atoms with van der Waals surface area (Å²) in [6, 6.07) is 5.77. The molecule has 4 N–H and O–H groups in total. The molecule has 0 atom stereocenters. The van der Waals surface area contributed by atoms with E-state index in [1.807, 2.05) is 0 Å². The third-order valence-electron chi connectivity index (χ3n) is 1.91. The van der Waals surface area contributed by atoms with E-state index in [-0.39, 0.29) is 22.3 Å². The maximum absolute atomic E-state index is 13.5. The zero-order chi connectivity index (χ0) is 11.0. The molecule has 0 aliphatic rings. The van der Waals surface area contributed by atoms with Crippen LogP contribution in [0.25, 0.3) is 5.69 Å². The van der Waals surface area contributed by atoms with Crippen LogP contribution < -0.4 is 11.5 Å². The van der Waals surface area contributed by atoms with Gasteiger partial charge in [-0.3, -0.25) is 0 Å². The molecule has 0 radical (unpaired) electrons. The minimum absolute atomic E-state index is 0.105. The number of aromatic nitrogens is 2. The molecule has 4 nitrogen and oxygen atoms in total. The van der Waals surface area contributed by atoms with Gasteiger partial charge in [-0.15, -0.1) is 5.10 Å². The maximum atomic E-state index is 13.5. The molecule has 15 heavy (non-hydrogen) atoms. The first-order valence-electron chi connectivity index (χ1n) is 4.15. The quantitative estimate of drug-likeness (QED) is 0.779. The fraction of sp³-hybridized carbons (Fsp3) is 0. The van der Waals surface area contributed by atoms with Crippen LogP contribution in [0, 0.1) is 5.82 Å². The van der Waals surface area contributed by atoms with E-state index in [0.717, 1.165) is 0 Å². The van der Waals surface area contributed by atoms with Gasteiger partial charge in [-0.2, -0.15) is 0 Å². The molecule has 0 aliphatic heterocycles. The van der Waals surface area contributed by atoms with E-state index in [0.29, 0.717) is 0 Å². The van der Waals surface area contributed by atoms with Crippen molar-refractivity contribution in [1.29, 1.82) is 0 Å². The fourth-order valence-corrected chi connectivity index (χ4v) is 1.53. The van der Waals surface area contributed by atoms with Gasteiger partial charge in [0.25, 0.3) is 0 Å². The predicted octanol–water partition coefficient (Wildman–Crippen LogP) is 1.83. The van der Waals surface area contributed by atoms with Gasteiger partial charge in [0.15, 0.2) is 0 Å². The Morgan fingerprint density at radius 2 is 2.07 bits per heavy atom. The molecule has 78 valence electrons. The van der Waals surface area contributed by atoms with E-state index in [1.165, 1.54) is 22.9 Å². The van der Waals surface area contributed by atoms with Crippen molar-refractivity contribution >= 4 is 23.2 Å². The van der Waals surface area contributed by atoms with Crippen LogP contribution in [-0.4, -0.2) is 9.78 Å². The number of benzene rings is 1. The second-order valence-electron chi connectivity index (χ2n) is 2.98. The SMILES string of the molecule is Nc1cc(N)n(-c2c(F)cccc2Cl)n1. The van der Waals surface area contributed by atoms with Crippen LogP contribution in [0.15, 0.2) is 24.3 Å². The molecule has 0 fully saturated rings. The van der Waals surface area contributed by atoms with E-state index in [4.69, 9.17) is 23.1 Å². The van der Waals surface area contributed by atoms with Crippen LogP contribution in [0.4, 0.5) is 16.0 Å². The molecule has 0 spiro atoms. The largest absolute Gasteiger partial charge is 0.384 e. The number of anilines is 2. The standard InChI is InChI=1S/C9H8ClFN4/c10-5-2-1-3-6(11)9(5)15-8(13)4-7(12)14-15/h1-4H,13H2,(H2,12,14). The normalized spacial score (nSPS) is 10.5. The lowest BCUT2D eigenvalue weighted by Gasteiger charge is -2.06. The Morgan fingerprint density at radius 3 is 2.60 bits per heavy atom. The predicted molar refractivity (Wildman–Crippen MR) is 57.4 cm³/mol. The zero-order valence-corrected chi connectivity index (χ0v) is 8.37. The van der Waals surface area contributed by atoms with Crippen molar-refractivity contribution in [3.05, 3.63) is 35.1 Å². The smallest absolute Gasteiger partial charge is 0.150 e. The number of nitrogens with zero attached hydrogens (tertiary/aromatic N) is 2. The number of para-hydroxylation sites is 1. The number of rotatable bonds is 1. The average molecular weight is 227 g/mol. The average Bonchev–Trinajstić information content (AvgIpc) is 2.45. The van der Waals surface area contributed by atoms with E-state index in [2.05, 4.69) is 5.10 Å². The van der Waals surface area contributed by atoms with Crippen LogP contribution in [0.5, 0.6) is 0 Å². The summed E-state index contributed by atoms with van der Waals surface area (Å²) >= 11 is 5.85. The van der Waals surface area contributed by atoms with Crippen LogP contribution >= 0.6 is 11.6 Å². The Hall–Kier alpha value is -1.75. The molecule has 1 aromatic carbocycles. The molecule has 0 saturated carbocycles. The van der Waals surface area contributed by atoms with Crippen molar-refractivity contribution in [2.75, 3.05) is 11.5 Å². The van der Waals surface area contributed by atoms with Gasteiger partial charge in [-0.1, -0.05) is 17.7 Å². The van der Waals surface area contributed by atoms with Gasteiger partial charge in [0, 0.05) is 6.07 Å². The summed E-state index contributed by atoms with van der Waals surface area (Å²) in [7, 11) is 0. The molecule has 6 heteroatoms. The molecule has 2 rings (SSSR count). The Balaban J connectivity index is 2.68. The lowest BCUT2D eigenvalue weighted by Crippen LogP contribution is -2.05. The highest BCUT2D eigenvalue weighted by atomic mass is 35.5. The molecular weight excluding hydrogens is 219 g/mol. The highest BCUT2D eigenvalue weighted by molar-refractivity contribution is 6.32. The van der Waals surface area contributed by atoms with E-state index in [9.17, 15) is 4.39 Å². The highest BCUT2D eigenvalue weighted by Gasteiger charge is 2.13. The minimum Gasteiger partial charge on any atom is -0.384 e. The molecule has 0 saturated heterocycles.